The summed E-state index contributed by atoms with van der Waals surface area (Å²) in [7, 11) is 0. The highest BCUT2D eigenvalue weighted by Gasteiger charge is 2.22. The SMILES string of the molecule is CC(C)(C)OC(=O)n1c(CCl)nc2ccc(F)cc21. The molecule has 6 heteroatoms. The maximum atomic E-state index is 13.3. The van der Waals surface area contributed by atoms with Gasteiger partial charge < -0.3 is 4.74 Å². The number of carbonyl (C=O) groups excluding carboxylic acids is 1. The van der Waals surface area contributed by atoms with E-state index >= 15 is 0 Å². The predicted molar refractivity (Wildman–Crippen MR) is 70.9 cm³/mol. The van der Waals surface area contributed by atoms with Crippen LogP contribution in [0.4, 0.5) is 9.18 Å². The van der Waals surface area contributed by atoms with E-state index in [2.05, 4.69) is 4.98 Å². The van der Waals surface area contributed by atoms with Crippen molar-refractivity contribution in [2.75, 3.05) is 0 Å². The average Bonchev–Trinajstić information content (AvgIpc) is 2.64. The number of rotatable bonds is 1. The summed E-state index contributed by atoms with van der Waals surface area (Å²) in [5.41, 5.74) is 0.206. The van der Waals surface area contributed by atoms with Crippen LogP contribution in [0.1, 0.15) is 26.6 Å². The molecule has 0 aliphatic rings. The fourth-order valence-corrected chi connectivity index (χ4v) is 1.88. The summed E-state index contributed by atoms with van der Waals surface area (Å²) in [5.74, 6) is -0.0786. The lowest BCUT2D eigenvalue weighted by molar-refractivity contribution is 0.0540. The molecule has 0 fully saturated rings. The quantitative estimate of drug-likeness (QED) is 0.750. The second-order valence-electron chi connectivity index (χ2n) is 5.11. The van der Waals surface area contributed by atoms with Crippen molar-refractivity contribution in [3.63, 3.8) is 0 Å². The first-order valence-electron chi connectivity index (χ1n) is 5.78. The molecular weight excluding hydrogens is 271 g/mol. The summed E-state index contributed by atoms with van der Waals surface area (Å²) in [6.07, 6.45) is -0.615. The first-order chi connectivity index (χ1) is 8.81. The zero-order valence-electron chi connectivity index (χ0n) is 10.9. The van der Waals surface area contributed by atoms with Gasteiger partial charge >= 0.3 is 6.09 Å². The van der Waals surface area contributed by atoms with Crippen LogP contribution in [0.15, 0.2) is 18.2 Å². The van der Waals surface area contributed by atoms with Gasteiger partial charge in [-0.25, -0.2) is 18.7 Å². The predicted octanol–water partition coefficient (Wildman–Crippen LogP) is 3.70. The van der Waals surface area contributed by atoms with Gasteiger partial charge in [-0.05, 0) is 32.9 Å². The van der Waals surface area contributed by atoms with Crippen LogP contribution in [-0.4, -0.2) is 21.2 Å². The fraction of sp³-hybridized carbons (Fsp3) is 0.385. The van der Waals surface area contributed by atoms with Crippen molar-refractivity contribution in [3.8, 4) is 0 Å². The van der Waals surface area contributed by atoms with E-state index in [9.17, 15) is 9.18 Å². The van der Waals surface area contributed by atoms with Crippen molar-refractivity contribution in [2.24, 2.45) is 0 Å². The first kappa shape index (κ1) is 13.8. The molecule has 19 heavy (non-hydrogen) atoms. The topological polar surface area (TPSA) is 44.1 Å². The van der Waals surface area contributed by atoms with Crippen LogP contribution in [0.2, 0.25) is 0 Å². The van der Waals surface area contributed by atoms with Crippen LogP contribution in [0.3, 0.4) is 0 Å². The van der Waals surface area contributed by atoms with E-state index in [0.29, 0.717) is 16.9 Å². The Bertz CT molecular complexity index is 631. The molecule has 0 N–H and O–H groups in total. The van der Waals surface area contributed by atoms with Gasteiger partial charge in [-0.15, -0.1) is 11.6 Å². The molecule has 0 atom stereocenters. The lowest BCUT2D eigenvalue weighted by Gasteiger charge is -2.20. The number of fused-ring (bicyclic) bond motifs is 1. The summed E-state index contributed by atoms with van der Waals surface area (Å²) in [6.45, 7) is 5.26. The van der Waals surface area contributed by atoms with Crippen LogP contribution in [-0.2, 0) is 10.6 Å². The van der Waals surface area contributed by atoms with Gasteiger partial charge in [-0.1, -0.05) is 0 Å². The number of aromatic nitrogens is 2. The lowest BCUT2D eigenvalue weighted by atomic mass is 10.2. The van der Waals surface area contributed by atoms with Gasteiger partial charge in [0.15, 0.2) is 0 Å². The molecule has 0 radical (unpaired) electrons. The van der Waals surface area contributed by atoms with Crippen molar-refractivity contribution in [3.05, 3.63) is 29.8 Å². The molecule has 0 bridgehead atoms. The van der Waals surface area contributed by atoms with Crippen molar-refractivity contribution < 1.29 is 13.9 Å². The van der Waals surface area contributed by atoms with E-state index in [-0.39, 0.29) is 5.88 Å². The van der Waals surface area contributed by atoms with Crippen molar-refractivity contribution >= 4 is 28.7 Å². The number of hydrogen-bond acceptors (Lipinski definition) is 3. The van der Waals surface area contributed by atoms with Crippen molar-refractivity contribution in [1.82, 2.24) is 9.55 Å². The molecule has 0 aliphatic carbocycles. The summed E-state index contributed by atoms with van der Waals surface area (Å²) in [6, 6.07) is 4.02. The molecule has 102 valence electrons. The minimum atomic E-state index is -0.648. The molecule has 0 amide bonds. The number of benzene rings is 1. The summed E-state index contributed by atoms with van der Waals surface area (Å²) in [5, 5.41) is 0. The fourth-order valence-electron chi connectivity index (χ4n) is 1.70. The van der Waals surface area contributed by atoms with E-state index in [1.807, 2.05) is 0 Å². The maximum Gasteiger partial charge on any atom is 0.420 e. The van der Waals surface area contributed by atoms with E-state index in [4.69, 9.17) is 16.3 Å². The largest absolute Gasteiger partial charge is 0.443 e. The van der Waals surface area contributed by atoms with Gasteiger partial charge in [0.05, 0.1) is 16.9 Å². The number of nitrogens with zero attached hydrogens (tertiary/aromatic N) is 2. The van der Waals surface area contributed by atoms with E-state index in [0.717, 1.165) is 0 Å². The molecule has 2 aromatic rings. The third kappa shape index (κ3) is 2.87. The summed E-state index contributed by atoms with van der Waals surface area (Å²) < 4.78 is 19.8. The maximum absolute atomic E-state index is 13.3. The molecule has 0 unspecified atom stereocenters. The van der Waals surface area contributed by atoms with Gasteiger partial charge in [-0.3, -0.25) is 0 Å². The number of alkyl halides is 1. The van der Waals surface area contributed by atoms with E-state index < -0.39 is 17.5 Å². The Morgan fingerprint density at radius 1 is 1.47 bits per heavy atom. The normalized spacial score (nSPS) is 11.8. The van der Waals surface area contributed by atoms with Gasteiger partial charge in [-0.2, -0.15) is 0 Å². The molecule has 1 aromatic carbocycles. The van der Waals surface area contributed by atoms with Gasteiger partial charge in [0, 0.05) is 6.07 Å². The van der Waals surface area contributed by atoms with E-state index in [1.54, 1.807) is 20.8 Å². The molecule has 2 rings (SSSR count). The number of ether oxygens (including phenoxy) is 1. The lowest BCUT2D eigenvalue weighted by Crippen LogP contribution is -2.28. The Hall–Kier alpha value is -1.62. The van der Waals surface area contributed by atoms with Crippen LogP contribution in [0, 0.1) is 5.82 Å². The van der Waals surface area contributed by atoms with Crippen LogP contribution in [0.25, 0.3) is 11.0 Å². The van der Waals surface area contributed by atoms with Crippen LogP contribution >= 0.6 is 11.6 Å². The number of hydrogen-bond donors (Lipinski definition) is 0. The second-order valence-corrected chi connectivity index (χ2v) is 5.38. The highest BCUT2D eigenvalue weighted by atomic mass is 35.5. The van der Waals surface area contributed by atoms with E-state index in [1.165, 1.54) is 22.8 Å². The summed E-state index contributed by atoms with van der Waals surface area (Å²) in [4.78, 5) is 16.3. The number of imidazole rings is 1. The molecule has 0 spiro atoms. The van der Waals surface area contributed by atoms with Crippen LogP contribution < -0.4 is 0 Å². The molecule has 1 heterocycles. The first-order valence-corrected chi connectivity index (χ1v) is 6.31. The molecule has 1 aromatic heterocycles. The minimum absolute atomic E-state index is 0.0372. The Labute approximate surface area is 115 Å². The minimum Gasteiger partial charge on any atom is -0.443 e. The third-order valence-corrected chi connectivity index (χ3v) is 2.62. The van der Waals surface area contributed by atoms with Gasteiger partial charge in [0.1, 0.15) is 17.2 Å². The Balaban J connectivity index is 2.56. The zero-order chi connectivity index (χ0) is 14.2. The van der Waals surface area contributed by atoms with Crippen molar-refractivity contribution in [2.45, 2.75) is 32.3 Å². The number of halogens is 2. The monoisotopic (exact) mass is 284 g/mol. The Morgan fingerprint density at radius 2 is 2.16 bits per heavy atom. The molecular formula is C13H14ClFN2O2. The van der Waals surface area contributed by atoms with Crippen molar-refractivity contribution in [1.29, 1.82) is 0 Å². The van der Waals surface area contributed by atoms with Gasteiger partial charge in [0.2, 0.25) is 0 Å². The van der Waals surface area contributed by atoms with Crippen LogP contribution in [0.5, 0.6) is 0 Å². The molecule has 4 nitrogen and oxygen atoms in total. The van der Waals surface area contributed by atoms with Gasteiger partial charge in [0.25, 0.3) is 0 Å². The standard InChI is InChI=1S/C13H14ClFN2O2/c1-13(2,3)19-12(18)17-10-6-8(15)4-5-9(10)16-11(17)7-14/h4-6H,7H2,1-3H3. The highest BCUT2D eigenvalue weighted by molar-refractivity contribution is 6.17. The number of carbonyl (C=O) groups is 1. The molecule has 0 saturated carbocycles. The molecule has 0 saturated heterocycles. The smallest absolute Gasteiger partial charge is 0.420 e. The third-order valence-electron chi connectivity index (χ3n) is 2.38. The highest BCUT2D eigenvalue weighted by Crippen LogP contribution is 2.21. The Morgan fingerprint density at radius 3 is 2.74 bits per heavy atom. The average molecular weight is 285 g/mol. The zero-order valence-corrected chi connectivity index (χ0v) is 11.7. The Kier molecular flexibility index (Phi) is 3.49. The molecule has 0 aliphatic heterocycles. The second kappa shape index (κ2) is 4.81. The summed E-state index contributed by atoms with van der Waals surface area (Å²) >= 11 is 5.77.